The van der Waals surface area contributed by atoms with Gasteiger partial charge in [-0.2, -0.15) is 4.89 Å². The number of carbonyl (C=O) groups excluding carboxylic acids is 1. The van der Waals surface area contributed by atoms with Crippen LogP contribution >= 0.6 is 0 Å². The van der Waals surface area contributed by atoms with Crippen LogP contribution in [0, 0.1) is 43.9 Å². The maximum absolute atomic E-state index is 13.1. The van der Waals surface area contributed by atoms with Crippen molar-refractivity contribution in [3.63, 3.8) is 0 Å². The van der Waals surface area contributed by atoms with Gasteiger partial charge >= 0.3 is 5.97 Å². The van der Waals surface area contributed by atoms with Gasteiger partial charge in [-0.05, 0) is 91.7 Å². The Morgan fingerprint density at radius 1 is 0.922 bits per heavy atom. The average Bonchev–Trinajstić information content (AvgIpc) is 3.10. The largest absolute Gasteiger partial charge is 0.488 e. The molecule has 8 rings (SSSR count). The Bertz CT molecular complexity index is 2000. The Kier molecular flexibility index (Phi) is 8.81. The molecule has 5 fully saturated rings. The first-order valence-electron chi connectivity index (χ1n) is 16.4. The lowest BCUT2D eigenvalue weighted by atomic mass is 9.47. The Morgan fingerprint density at radius 3 is 2.18 bits per heavy atom. The molecule has 3 aromatic carbocycles. The number of methoxy groups -OCH3 is 2. The number of anilines is 1. The number of nitrogens with one attached hydrogen (secondary N) is 1. The molecule has 4 saturated carbocycles. The third-order valence-electron chi connectivity index (χ3n) is 10.7. The number of nitro benzene ring substituents is 2. The zero-order chi connectivity index (χ0) is 36.1. The molecule has 4 bridgehead atoms. The summed E-state index contributed by atoms with van der Waals surface area (Å²) in [5, 5.41) is 22.6. The van der Waals surface area contributed by atoms with Crippen molar-refractivity contribution in [2.75, 3.05) is 18.9 Å². The minimum absolute atomic E-state index is 0.0421. The Balaban J connectivity index is 1.12. The van der Waals surface area contributed by atoms with E-state index < -0.39 is 53.5 Å². The number of sulfonamides is 1. The second kappa shape index (κ2) is 13.0. The number of esters is 1. The van der Waals surface area contributed by atoms with Crippen LogP contribution in [0.5, 0.6) is 5.75 Å². The van der Waals surface area contributed by atoms with E-state index in [1.165, 1.54) is 31.7 Å². The summed E-state index contributed by atoms with van der Waals surface area (Å²) in [6.45, 7) is 0.0421. The van der Waals surface area contributed by atoms with Crippen LogP contribution in [0.4, 0.5) is 17.1 Å². The monoisotopic (exact) mass is 721 g/mol. The number of hydrogen-bond acceptors (Lipinski definition) is 12. The van der Waals surface area contributed by atoms with Gasteiger partial charge in [-0.25, -0.2) is 18.1 Å². The molecule has 15 nitrogen and oxygen atoms in total. The summed E-state index contributed by atoms with van der Waals surface area (Å²) in [5.74, 6) is 0.734. The zero-order valence-electron chi connectivity index (χ0n) is 27.7. The van der Waals surface area contributed by atoms with Crippen LogP contribution in [-0.2, 0) is 46.5 Å². The Hall–Kier alpha value is -4.90. The molecule has 0 aromatic heterocycles. The predicted octanol–water partition coefficient (Wildman–Crippen LogP) is 6.02. The summed E-state index contributed by atoms with van der Waals surface area (Å²) in [7, 11) is -1.58. The topological polar surface area (TPSA) is 196 Å². The first-order chi connectivity index (χ1) is 24.4. The van der Waals surface area contributed by atoms with Gasteiger partial charge in [-0.15, -0.1) is 0 Å². The number of non-ortho nitro benzene ring substituents is 1. The summed E-state index contributed by atoms with van der Waals surface area (Å²) in [5.41, 5.74) is -0.103. The van der Waals surface area contributed by atoms with Crippen molar-refractivity contribution in [2.24, 2.45) is 23.7 Å². The van der Waals surface area contributed by atoms with Gasteiger partial charge in [-0.3, -0.25) is 25.0 Å². The Labute approximate surface area is 292 Å². The standard InChI is InChI=1S/C35H35N3O12S/c1-46-33(39)12-6-24-5-7-25(35(47-2)34(49-50-35)26-14-22-13-23(16-26)17-27(34)15-22)18-31(24)48-20-21-3-8-28(9-4-21)36-51(44,45)32-11-10-29(37(40)41)19-30(32)38(42)43/h3-12,18-19,22-23,26-27,36H,13-17,20H2,1-2H3/b12-6+. The molecule has 268 valence electrons. The van der Waals surface area contributed by atoms with Crippen LogP contribution in [0.25, 0.3) is 6.08 Å². The molecule has 5 aliphatic rings. The number of rotatable bonds is 12. The first kappa shape index (κ1) is 34.5. The molecule has 51 heavy (non-hydrogen) atoms. The molecule has 1 saturated heterocycles. The first-order valence-corrected chi connectivity index (χ1v) is 17.9. The number of hydrogen-bond donors (Lipinski definition) is 1. The Morgan fingerprint density at radius 2 is 1.61 bits per heavy atom. The van der Waals surface area contributed by atoms with Gasteiger partial charge in [0.2, 0.25) is 0 Å². The van der Waals surface area contributed by atoms with E-state index in [4.69, 9.17) is 24.0 Å². The highest BCUT2D eigenvalue weighted by Crippen LogP contribution is 2.69. The van der Waals surface area contributed by atoms with Crippen LogP contribution in [0.15, 0.2) is 71.6 Å². The van der Waals surface area contributed by atoms with Crippen LogP contribution in [0.2, 0.25) is 0 Å². The van der Waals surface area contributed by atoms with Crippen molar-refractivity contribution in [1.82, 2.24) is 0 Å². The fourth-order valence-electron chi connectivity index (χ4n) is 8.61. The van der Waals surface area contributed by atoms with Crippen LogP contribution in [0.3, 0.4) is 0 Å². The van der Waals surface area contributed by atoms with Crippen molar-refractivity contribution in [1.29, 1.82) is 0 Å². The lowest BCUT2D eigenvalue weighted by Crippen LogP contribution is -2.76. The summed E-state index contributed by atoms with van der Waals surface area (Å²) >= 11 is 0. The summed E-state index contributed by atoms with van der Waals surface area (Å²) in [4.78, 5) is 44.0. The van der Waals surface area contributed by atoms with E-state index in [2.05, 4.69) is 4.72 Å². The second-order valence-electron chi connectivity index (χ2n) is 13.5. The van der Waals surface area contributed by atoms with E-state index in [1.807, 2.05) is 18.2 Å². The van der Waals surface area contributed by atoms with E-state index in [-0.39, 0.29) is 12.3 Å². The zero-order valence-corrected chi connectivity index (χ0v) is 28.5. The highest BCUT2D eigenvalue weighted by molar-refractivity contribution is 7.92. The van der Waals surface area contributed by atoms with Gasteiger partial charge in [0, 0.05) is 36.1 Å². The number of nitrogens with zero attached hydrogens (tertiary/aromatic N) is 2. The van der Waals surface area contributed by atoms with E-state index in [9.17, 15) is 33.4 Å². The third-order valence-corrected chi connectivity index (χ3v) is 12.1. The molecule has 0 amide bonds. The predicted molar refractivity (Wildman–Crippen MR) is 179 cm³/mol. The summed E-state index contributed by atoms with van der Waals surface area (Å²) in [6.07, 6.45) is 8.42. The molecule has 0 radical (unpaired) electrons. The number of ether oxygens (including phenoxy) is 3. The highest BCUT2D eigenvalue weighted by atomic mass is 32.2. The van der Waals surface area contributed by atoms with E-state index in [0.29, 0.717) is 46.6 Å². The minimum atomic E-state index is -4.48. The molecule has 16 heteroatoms. The lowest BCUT2D eigenvalue weighted by molar-refractivity contribution is -0.645. The van der Waals surface area contributed by atoms with Gasteiger partial charge in [0.15, 0.2) is 10.5 Å². The van der Waals surface area contributed by atoms with Gasteiger partial charge in [-0.1, -0.05) is 24.3 Å². The van der Waals surface area contributed by atoms with E-state index >= 15 is 0 Å². The van der Waals surface area contributed by atoms with Gasteiger partial charge in [0.1, 0.15) is 12.4 Å². The average molecular weight is 722 g/mol. The lowest BCUT2D eigenvalue weighted by Gasteiger charge is -2.68. The molecule has 1 aliphatic heterocycles. The molecular formula is C35H35N3O12S. The smallest absolute Gasteiger partial charge is 0.330 e. The normalized spacial score (nSPS) is 27.6. The maximum Gasteiger partial charge on any atom is 0.330 e. The molecule has 1 atom stereocenters. The molecule has 1 spiro atoms. The number of nitro groups is 2. The minimum Gasteiger partial charge on any atom is -0.488 e. The summed E-state index contributed by atoms with van der Waals surface area (Å²) < 4.78 is 45.7. The second-order valence-corrected chi connectivity index (χ2v) is 15.1. The van der Waals surface area contributed by atoms with Crippen molar-refractivity contribution < 1.29 is 47.0 Å². The summed E-state index contributed by atoms with van der Waals surface area (Å²) in [6, 6.07) is 14.0. The molecule has 4 aliphatic carbocycles. The molecule has 1 heterocycles. The van der Waals surface area contributed by atoms with Crippen molar-refractivity contribution in [3.05, 3.63) is 104 Å². The SMILES string of the molecule is COC(=O)/C=C/c1ccc(C2(OC)OOC23C2CC4CC(C2)CC3C4)cc1OCc1ccc(NS(=O)(=O)c2ccc([N+](=O)[O-])cc2[N+](=O)[O-])cc1. The molecule has 1 unspecified atom stereocenters. The maximum atomic E-state index is 13.1. The van der Waals surface area contributed by atoms with Crippen LogP contribution in [0.1, 0.15) is 48.8 Å². The quantitative estimate of drug-likeness (QED) is 0.0751. The van der Waals surface area contributed by atoms with E-state index in [0.717, 1.165) is 43.4 Å². The van der Waals surface area contributed by atoms with Gasteiger partial charge < -0.3 is 14.2 Å². The fourth-order valence-corrected chi connectivity index (χ4v) is 9.83. The molecule has 3 aromatic rings. The van der Waals surface area contributed by atoms with Crippen molar-refractivity contribution in [2.45, 2.75) is 55.0 Å². The van der Waals surface area contributed by atoms with Crippen LogP contribution < -0.4 is 9.46 Å². The molecular weight excluding hydrogens is 686 g/mol. The number of benzene rings is 3. The van der Waals surface area contributed by atoms with Crippen molar-refractivity contribution in [3.8, 4) is 5.75 Å². The van der Waals surface area contributed by atoms with Gasteiger partial charge in [0.05, 0.1) is 23.0 Å². The molecule has 1 N–H and O–H groups in total. The van der Waals surface area contributed by atoms with Gasteiger partial charge in [0.25, 0.3) is 27.2 Å². The van der Waals surface area contributed by atoms with E-state index in [1.54, 1.807) is 25.3 Å². The third kappa shape index (κ3) is 5.91. The highest BCUT2D eigenvalue weighted by Gasteiger charge is 2.76. The van der Waals surface area contributed by atoms with Crippen molar-refractivity contribution >= 4 is 39.1 Å². The fraction of sp³-hybridized carbons (Fsp3) is 0.400. The number of carbonyl (C=O) groups is 1. The van der Waals surface area contributed by atoms with Crippen LogP contribution in [-0.4, -0.2) is 44.1 Å².